The molecule has 0 spiro atoms. The van der Waals surface area contributed by atoms with Crippen LogP contribution in [0.1, 0.15) is 15.9 Å². The van der Waals surface area contributed by atoms with Gasteiger partial charge in [-0.05, 0) is 25.1 Å². The number of rotatable bonds is 2. The number of aryl methyl sites for hydroxylation is 1. The Balaban J connectivity index is 2.29. The average molecular weight is 279 g/mol. The fraction of sp³-hybridized carbons (Fsp3) is 0.0588. The summed E-state index contributed by atoms with van der Waals surface area (Å²) in [5.74, 6) is -0.950. The number of hydrogen-bond acceptors (Lipinski definition) is 3. The van der Waals surface area contributed by atoms with Gasteiger partial charge in [0, 0.05) is 17.0 Å². The van der Waals surface area contributed by atoms with E-state index in [2.05, 4.69) is 4.98 Å². The lowest BCUT2D eigenvalue weighted by Gasteiger charge is -2.08. The number of carbonyl (C=O) groups is 1. The monoisotopic (exact) mass is 279 g/mol. The standard InChI is InChI=1S/C17H13NO3/c1-10-2-4-11(5-3-10)15-9-14(17(20)21)13-7-6-12(19)8-16(13)18-15/h2-9,19H,1H3,(H,20,21). The van der Waals surface area contributed by atoms with Crippen LogP contribution in [0, 0.1) is 6.92 Å². The summed E-state index contributed by atoms with van der Waals surface area (Å²) in [6.07, 6.45) is 0. The van der Waals surface area contributed by atoms with Gasteiger partial charge < -0.3 is 10.2 Å². The predicted molar refractivity (Wildman–Crippen MR) is 80.5 cm³/mol. The van der Waals surface area contributed by atoms with E-state index in [9.17, 15) is 15.0 Å². The molecular weight excluding hydrogens is 266 g/mol. The number of hydrogen-bond donors (Lipinski definition) is 2. The molecule has 104 valence electrons. The van der Waals surface area contributed by atoms with Crippen LogP contribution in [0.4, 0.5) is 0 Å². The number of phenols is 1. The molecule has 4 heteroatoms. The summed E-state index contributed by atoms with van der Waals surface area (Å²) in [5, 5.41) is 19.5. The van der Waals surface area contributed by atoms with Gasteiger partial charge >= 0.3 is 5.97 Å². The van der Waals surface area contributed by atoms with E-state index in [4.69, 9.17) is 0 Å². The maximum absolute atomic E-state index is 11.4. The summed E-state index contributed by atoms with van der Waals surface area (Å²) in [7, 11) is 0. The zero-order chi connectivity index (χ0) is 15.0. The number of carboxylic acids is 1. The lowest BCUT2D eigenvalue weighted by molar-refractivity contribution is 0.0699. The number of fused-ring (bicyclic) bond motifs is 1. The largest absolute Gasteiger partial charge is 0.508 e. The molecule has 2 aromatic carbocycles. The van der Waals surface area contributed by atoms with E-state index in [1.54, 1.807) is 12.1 Å². The molecule has 1 aromatic heterocycles. The van der Waals surface area contributed by atoms with Crippen molar-refractivity contribution in [3.63, 3.8) is 0 Å². The molecule has 0 saturated heterocycles. The minimum Gasteiger partial charge on any atom is -0.508 e. The Labute approximate surface area is 121 Å². The first-order valence-corrected chi connectivity index (χ1v) is 6.49. The number of phenolic OH excluding ortho intramolecular Hbond substituents is 1. The van der Waals surface area contributed by atoms with Crippen molar-refractivity contribution < 1.29 is 15.0 Å². The van der Waals surface area contributed by atoms with Crippen molar-refractivity contribution in [3.05, 3.63) is 59.7 Å². The second kappa shape index (κ2) is 4.90. The van der Waals surface area contributed by atoms with E-state index in [-0.39, 0.29) is 11.3 Å². The molecule has 21 heavy (non-hydrogen) atoms. The molecule has 0 bridgehead atoms. The van der Waals surface area contributed by atoms with Crippen molar-refractivity contribution in [2.24, 2.45) is 0 Å². The predicted octanol–water partition coefficient (Wildman–Crippen LogP) is 3.61. The molecule has 0 aliphatic rings. The van der Waals surface area contributed by atoms with E-state index in [1.807, 2.05) is 31.2 Å². The topological polar surface area (TPSA) is 70.4 Å². The van der Waals surface area contributed by atoms with Crippen molar-refractivity contribution in [1.29, 1.82) is 0 Å². The van der Waals surface area contributed by atoms with Gasteiger partial charge in [-0.1, -0.05) is 29.8 Å². The van der Waals surface area contributed by atoms with E-state index in [1.165, 1.54) is 12.1 Å². The summed E-state index contributed by atoms with van der Waals surface area (Å²) in [5.41, 5.74) is 3.18. The molecular formula is C17H13NO3. The molecule has 3 rings (SSSR count). The van der Waals surface area contributed by atoms with Crippen LogP contribution in [0.15, 0.2) is 48.5 Å². The number of aromatic nitrogens is 1. The van der Waals surface area contributed by atoms with Gasteiger partial charge in [-0.25, -0.2) is 9.78 Å². The normalized spacial score (nSPS) is 10.7. The van der Waals surface area contributed by atoms with Crippen LogP contribution in [0.2, 0.25) is 0 Å². The van der Waals surface area contributed by atoms with Crippen molar-refractivity contribution in [3.8, 4) is 17.0 Å². The molecule has 0 aliphatic heterocycles. The summed E-state index contributed by atoms with van der Waals surface area (Å²) in [6, 6.07) is 13.8. The van der Waals surface area contributed by atoms with Gasteiger partial charge in [0.25, 0.3) is 0 Å². The highest BCUT2D eigenvalue weighted by Gasteiger charge is 2.13. The van der Waals surface area contributed by atoms with Gasteiger partial charge in [-0.2, -0.15) is 0 Å². The molecule has 0 radical (unpaired) electrons. The number of nitrogens with zero attached hydrogens (tertiary/aromatic N) is 1. The van der Waals surface area contributed by atoms with Crippen LogP contribution >= 0.6 is 0 Å². The van der Waals surface area contributed by atoms with Crippen LogP contribution in [0.25, 0.3) is 22.2 Å². The lowest BCUT2D eigenvalue weighted by Crippen LogP contribution is -2.00. The van der Waals surface area contributed by atoms with Gasteiger partial charge in [-0.15, -0.1) is 0 Å². The van der Waals surface area contributed by atoms with Crippen molar-refractivity contribution in [2.75, 3.05) is 0 Å². The third-order valence-corrected chi connectivity index (χ3v) is 3.37. The molecule has 0 amide bonds. The molecule has 0 aliphatic carbocycles. The Morgan fingerprint density at radius 3 is 2.43 bits per heavy atom. The van der Waals surface area contributed by atoms with Crippen LogP contribution in [-0.4, -0.2) is 21.2 Å². The summed E-state index contributed by atoms with van der Waals surface area (Å²) in [4.78, 5) is 15.9. The third kappa shape index (κ3) is 2.43. The molecule has 0 atom stereocenters. The summed E-state index contributed by atoms with van der Waals surface area (Å²) in [6.45, 7) is 1.98. The first-order chi connectivity index (χ1) is 10.0. The molecule has 1 heterocycles. The lowest BCUT2D eigenvalue weighted by atomic mass is 10.0. The average Bonchev–Trinajstić information content (AvgIpc) is 2.46. The van der Waals surface area contributed by atoms with Gasteiger partial charge in [0.1, 0.15) is 5.75 Å². The quantitative estimate of drug-likeness (QED) is 0.751. The number of aromatic carboxylic acids is 1. The van der Waals surface area contributed by atoms with Crippen molar-refractivity contribution in [2.45, 2.75) is 6.92 Å². The zero-order valence-corrected chi connectivity index (χ0v) is 11.4. The van der Waals surface area contributed by atoms with Crippen LogP contribution < -0.4 is 0 Å². The van der Waals surface area contributed by atoms with Crippen molar-refractivity contribution in [1.82, 2.24) is 4.98 Å². The molecule has 0 fully saturated rings. The third-order valence-electron chi connectivity index (χ3n) is 3.37. The highest BCUT2D eigenvalue weighted by atomic mass is 16.4. The van der Waals surface area contributed by atoms with Crippen LogP contribution in [-0.2, 0) is 0 Å². The maximum Gasteiger partial charge on any atom is 0.336 e. The first kappa shape index (κ1) is 13.1. The smallest absolute Gasteiger partial charge is 0.336 e. The molecule has 3 aromatic rings. The van der Waals surface area contributed by atoms with Gasteiger partial charge in [0.2, 0.25) is 0 Å². The SMILES string of the molecule is Cc1ccc(-c2cc(C(=O)O)c3ccc(O)cc3n2)cc1. The zero-order valence-electron chi connectivity index (χ0n) is 11.4. The molecule has 4 nitrogen and oxygen atoms in total. The Bertz CT molecular complexity index is 839. The fourth-order valence-electron chi connectivity index (χ4n) is 2.27. The number of pyridine rings is 1. The molecule has 0 saturated carbocycles. The Morgan fingerprint density at radius 2 is 1.76 bits per heavy atom. The second-order valence-corrected chi connectivity index (χ2v) is 4.93. The minimum atomic E-state index is -1.01. The van der Waals surface area contributed by atoms with Gasteiger partial charge in [-0.3, -0.25) is 0 Å². The number of carboxylic acid groups (broad SMARTS) is 1. The van der Waals surface area contributed by atoms with Crippen molar-refractivity contribution >= 4 is 16.9 Å². The second-order valence-electron chi connectivity index (χ2n) is 4.93. The highest BCUT2D eigenvalue weighted by Crippen LogP contribution is 2.27. The summed E-state index contributed by atoms with van der Waals surface area (Å²) >= 11 is 0. The Hall–Kier alpha value is -2.88. The van der Waals surface area contributed by atoms with E-state index in [0.29, 0.717) is 16.6 Å². The van der Waals surface area contributed by atoms with Gasteiger partial charge in [0.15, 0.2) is 0 Å². The fourth-order valence-corrected chi connectivity index (χ4v) is 2.27. The van der Waals surface area contributed by atoms with E-state index in [0.717, 1.165) is 11.1 Å². The maximum atomic E-state index is 11.4. The molecule has 0 unspecified atom stereocenters. The number of benzene rings is 2. The first-order valence-electron chi connectivity index (χ1n) is 6.49. The Morgan fingerprint density at radius 1 is 1.05 bits per heavy atom. The van der Waals surface area contributed by atoms with Crippen LogP contribution in [0.5, 0.6) is 5.75 Å². The van der Waals surface area contributed by atoms with E-state index < -0.39 is 5.97 Å². The minimum absolute atomic E-state index is 0.0624. The summed E-state index contributed by atoms with van der Waals surface area (Å²) < 4.78 is 0. The van der Waals surface area contributed by atoms with Crippen LogP contribution in [0.3, 0.4) is 0 Å². The Kier molecular flexibility index (Phi) is 3.06. The van der Waals surface area contributed by atoms with E-state index >= 15 is 0 Å². The number of aromatic hydroxyl groups is 1. The highest BCUT2D eigenvalue weighted by molar-refractivity contribution is 6.04. The van der Waals surface area contributed by atoms with Gasteiger partial charge in [0.05, 0.1) is 16.8 Å². The molecule has 2 N–H and O–H groups in total.